The van der Waals surface area contributed by atoms with Crippen molar-refractivity contribution in [3.63, 3.8) is 0 Å². The fraction of sp³-hybridized carbons (Fsp3) is 0.300. The number of carbonyl (C=O) groups is 2. The van der Waals surface area contributed by atoms with Gasteiger partial charge in [0, 0.05) is 20.5 Å². The molecule has 0 aliphatic carbocycles. The van der Waals surface area contributed by atoms with Crippen molar-refractivity contribution in [1.29, 1.82) is 0 Å². The molecule has 2 aromatic heterocycles. The Morgan fingerprint density at radius 2 is 1.82 bits per heavy atom. The van der Waals surface area contributed by atoms with Crippen molar-refractivity contribution < 1.29 is 23.5 Å². The van der Waals surface area contributed by atoms with Crippen LogP contribution in [-0.2, 0) is 19.1 Å². The third-order valence-corrected chi connectivity index (χ3v) is 4.55. The van der Waals surface area contributed by atoms with Gasteiger partial charge in [0.2, 0.25) is 11.6 Å². The zero-order valence-electron chi connectivity index (χ0n) is 17.8. The van der Waals surface area contributed by atoms with E-state index in [1.54, 1.807) is 13.8 Å². The number of nitrogens with one attached hydrogen (secondary N) is 2. The Hall–Kier alpha value is -2.83. The van der Waals surface area contributed by atoms with Crippen molar-refractivity contribution in [2.45, 2.75) is 32.9 Å². The average molecular weight is 487 g/mol. The number of carbonyl (C=O) groups excluding carboxylic acids is 2. The molecule has 0 unspecified atom stereocenters. The minimum absolute atomic E-state index is 0. The molecule has 11 nitrogen and oxygen atoms in total. The molecule has 0 spiro atoms. The van der Waals surface area contributed by atoms with E-state index in [1.165, 1.54) is 38.2 Å². The van der Waals surface area contributed by atoms with Crippen LogP contribution >= 0.6 is 0 Å². The summed E-state index contributed by atoms with van der Waals surface area (Å²) in [5.74, 6) is -2.88. The molecule has 0 atom stereocenters. The van der Waals surface area contributed by atoms with Gasteiger partial charge in [-0.1, -0.05) is 12.1 Å². The molecule has 0 fully saturated rings. The number of hydrogen-bond acceptors (Lipinski definition) is 8. The van der Waals surface area contributed by atoms with E-state index < -0.39 is 40.2 Å². The number of aromatic nitrogens is 4. The third kappa shape index (κ3) is 5.95. The number of benzene rings is 1. The van der Waals surface area contributed by atoms with Crippen molar-refractivity contribution in [1.82, 2.24) is 30.4 Å². The predicted octanol–water partition coefficient (Wildman–Crippen LogP) is -0.00468. The number of rotatable bonds is 6. The summed E-state index contributed by atoms with van der Waals surface area (Å²) in [4.78, 5) is 41.7. The second-order valence-corrected chi connectivity index (χ2v) is 7.51. The first-order chi connectivity index (χ1) is 15.0. The van der Waals surface area contributed by atoms with Crippen LogP contribution in [-0.4, -0.2) is 74.4 Å². The average Bonchev–Trinajstić information content (AvgIpc) is 3.17. The standard InChI is InChI=1S/C20H21FN6O5.Ca.2H/c1-10-25-26-17(32-10)16(30)24-20(2,3)19-23-13(14(28)18(31)27(19)4)15(29)22-9-11-5-7-12(21)8-6-11;;;/h5-8,28H,9H2,1-4H3,(H,22,29)(H,24,30);;;. The maximum atomic E-state index is 13.0. The number of halogens is 1. The first kappa shape index (κ1) is 26.4. The van der Waals surface area contributed by atoms with Crippen molar-refractivity contribution >= 4 is 49.6 Å². The van der Waals surface area contributed by atoms with E-state index in [0.717, 1.165) is 4.57 Å². The van der Waals surface area contributed by atoms with Crippen molar-refractivity contribution in [3.8, 4) is 5.75 Å². The summed E-state index contributed by atoms with van der Waals surface area (Å²) in [6, 6.07) is 5.44. The van der Waals surface area contributed by atoms with Crippen LogP contribution in [0, 0.1) is 12.7 Å². The Balaban J connectivity index is 0.00000385. The molecular formula is C20H23CaFN6O5. The molecule has 0 bridgehead atoms. The van der Waals surface area contributed by atoms with Crippen molar-refractivity contribution in [3.05, 3.63) is 69.3 Å². The monoisotopic (exact) mass is 486 g/mol. The Morgan fingerprint density at radius 1 is 1.18 bits per heavy atom. The van der Waals surface area contributed by atoms with E-state index in [-0.39, 0.29) is 61.9 Å². The van der Waals surface area contributed by atoms with E-state index >= 15 is 0 Å². The van der Waals surface area contributed by atoms with Gasteiger partial charge < -0.3 is 20.2 Å². The SMILES string of the molecule is Cc1nnc(C(=O)NC(C)(C)c2nc(C(=O)NCc3ccc(F)cc3)c(O)c(=O)n2C)o1.[CaH2]. The Kier molecular flexibility index (Phi) is 8.33. The molecule has 33 heavy (non-hydrogen) atoms. The number of hydrogen-bond donors (Lipinski definition) is 3. The topological polar surface area (TPSA) is 152 Å². The van der Waals surface area contributed by atoms with Crippen LogP contribution in [0.3, 0.4) is 0 Å². The van der Waals surface area contributed by atoms with E-state index in [4.69, 9.17) is 4.42 Å². The van der Waals surface area contributed by atoms with Crippen LogP contribution in [0.5, 0.6) is 5.75 Å². The zero-order valence-corrected chi connectivity index (χ0v) is 17.8. The molecule has 1 aromatic carbocycles. The summed E-state index contributed by atoms with van der Waals surface area (Å²) in [5.41, 5.74) is -2.06. The van der Waals surface area contributed by atoms with Gasteiger partial charge >= 0.3 is 49.5 Å². The van der Waals surface area contributed by atoms with Gasteiger partial charge in [-0.3, -0.25) is 19.0 Å². The summed E-state index contributed by atoms with van der Waals surface area (Å²) in [6.45, 7) is 4.64. The Morgan fingerprint density at radius 3 is 2.39 bits per heavy atom. The summed E-state index contributed by atoms with van der Waals surface area (Å²) < 4.78 is 19.1. The second-order valence-electron chi connectivity index (χ2n) is 7.51. The molecule has 3 rings (SSSR count). The normalized spacial score (nSPS) is 10.9. The molecule has 0 saturated heterocycles. The minimum atomic E-state index is -1.27. The molecule has 3 aromatic rings. The maximum absolute atomic E-state index is 13.0. The molecule has 0 saturated carbocycles. The Bertz CT molecular complexity index is 1240. The van der Waals surface area contributed by atoms with Crippen LogP contribution in [0.15, 0.2) is 33.5 Å². The first-order valence-electron chi connectivity index (χ1n) is 9.45. The Labute approximate surface area is 217 Å². The van der Waals surface area contributed by atoms with E-state index in [2.05, 4.69) is 25.8 Å². The molecule has 0 aliphatic rings. The van der Waals surface area contributed by atoms with Crippen LogP contribution in [0.25, 0.3) is 0 Å². The molecule has 0 radical (unpaired) electrons. The molecular weight excluding hydrogens is 463 g/mol. The van der Waals surface area contributed by atoms with Gasteiger partial charge in [-0.15, -0.1) is 10.2 Å². The fourth-order valence-electron chi connectivity index (χ4n) is 2.96. The van der Waals surface area contributed by atoms with Crippen molar-refractivity contribution in [2.75, 3.05) is 0 Å². The van der Waals surface area contributed by atoms with Gasteiger partial charge in [0.25, 0.3) is 11.5 Å². The fourth-order valence-corrected chi connectivity index (χ4v) is 2.96. The van der Waals surface area contributed by atoms with Crippen LogP contribution in [0.4, 0.5) is 4.39 Å². The van der Waals surface area contributed by atoms with Gasteiger partial charge in [-0.25, -0.2) is 9.37 Å². The van der Waals surface area contributed by atoms with E-state index in [0.29, 0.717) is 5.56 Å². The third-order valence-electron chi connectivity index (χ3n) is 4.55. The number of amides is 2. The molecule has 172 valence electrons. The summed E-state index contributed by atoms with van der Waals surface area (Å²) in [7, 11) is 1.34. The molecule has 13 heteroatoms. The quantitative estimate of drug-likeness (QED) is 0.412. The molecule has 2 amide bonds. The number of aryl methyl sites for hydroxylation is 1. The van der Waals surface area contributed by atoms with Crippen LogP contribution in [0.1, 0.15) is 52.3 Å². The van der Waals surface area contributed by atoms with Gasteiger partial charge in [-0.05, 0) is 31.5 Å². The summed E-state index contributed by atoms with van der Waals surface area (Å²) in [6.07, 6.45) is 0. The molecule has 2 heterocycles. The van der Waals surface area contributed by atoms with Crippen LogP contribution in [0.2, 0.25) is 0 Å². The second kappa shape index (κ2) is 10.4. The number of nitrogens with zero attached hydrogens (tertiary/aromatic N) is 4. The van der Waals surface area contributed by atoms with Crippen molar-refractivity contribution in [2.24, 2.45) is 7.05 Å². The van der Waals surface area contributed by atoms with E-state index in [1.807, 2.05) is 0 Å². The number of aromatic hydroxyl groups is 1. The van der Waals surface area contributed by atoms with E-state index in [9.17, 15) is 23.9 Å². The summed E-state index contributed by atoms with van der Waals surface area (Å²) >= 11 is 0. The van der Waals surface area contributed by atoms with Gasteiger partial charge in [0.15, 0.2) is 5.69 Å². The molecule has 3 N–H and O–H groups in total. The first-order valence-corrected chi connectivity index (χ1v) is 9.45. The van der Waals surface area contributed by atoms with Gasteiger partial charge in [-0.2, -0.15) is 0 Å². The van der Waals surface area contributed by atoms with Gasteiger partial charge in [0.1, 0.15) is 11.6 Å². The van der Waals surface area contributed by atoms with Crippen LogP contribution < -0.4 is 16.2 Å². The molecule has 0 aliphatic heterocycles. The zero-order chi connectivity index (χ0) is 23.6. The summed E-state index contributed by atoms with van der Waals surface area (Å²) in [5, 5.41) is 22.6. The van der Waals surface area contributed by atoms with Gasteiger partial charge in [0.05, 0.1) is 5.54 Å². The predicted molar refractivity (Wildman–Crippen MR) is 117 cm³/mol.